The van der Waals surface area contributed by atoms with Gasteiger partial charge in [-0.2, -0.15) is 0 Å². The Balaban J connectivity index is 0. The minimum atomic E-state index is 0.694. The number of likely N-dealkylation sites (tertiary alicyclic amines) is 1. The zero-order valence-corrected chi connectivity index (χ0v) is 14.3. The zero-order valence-electron chi connectivity index (χ0n) is 14.3. The van der Waals surface area contributed by atoms with Gasteiger partial charge in [-0.05, 0) is 46.0 Å². The molecule has 0 spiro atoms. The van der Waals surface area contributed by atoms with Crippen LogP contribution < -0.4 is 5.32 Å². The first-order valence-corrected chi connectivity index (χ1v) is 8.02. The van der Waals surface area contributed by atoms with Crippen LogP contribution in [-0.2, 0) is 0 Å². The average molecular weight is 282 g/mol. The van der Waals surface area contributed by atoms with Crippen LogP contribution >= 0.6 is 0 Å². The molecule has 0 radical (unpaired) electrons. The lowest BCUT2D eigenvalue weighted by atomic mass is 10.1. The fourth-order valence-corrected chi connectivity index (χ4v) is 1.60. The number of piperidine rings is 1. The normalized spacial score (nSPS) is 13.5. The van der Waals surface area contributed by atoms with Gasteiger partial charge in [0.15, 0.2) is 0 Å². The van der Waals surface area contributed by atoms with Gasteiger partial charge in [0.05, 0.1) is 0 Å². The SMILES string of the molecule is CC.CC.CCNc1ncccn1.CN1CCCCC1. The second kappa shape index (κ2) is 17.8. The van der Waals surface area contributed by atoms with Crippen molar-refractivity contribution in [2.75, 3.05) is 32.0 Å². The minimum Gasteiger partial charge on any atom is -0.355 e. The third kappa shape index (κ3) is 13.3. The van der Waals surface area contributed by atoms with Crippen molar-refractivity contribution in [2.45, 2.75) is 53.9 Å². The molecule has 1 aromatic rings. The number of anilines is 1. The van der Waals surface area contributed by atoms with Gasteiger partial charge >= 0.3 is 0 Å². The third-order valence-corrected chi connectivity index (χ3v) is 2.48. The van der Waals surface area contributed by atoms with Crippen molar-refractivity contribution in [3.05, 3.63) is 18.5 Å². The number of rotatable bonds is 2. The summed E-state index contributed by atoms with van der Waals surface area (Å²) in [5.74, 6) is 0.694. The Hall–Kier alpha value is -1.16. The first-order chi connectivity index (χ1) is 9.83. The van der Waals surface area contributed by atoms with Gasteiger partial charge in [-0.25, -0.2) is 9.97 Å². The van der Waals surface area contributed by atoms with E-state index >= 15 is 0 Å². The van der Waals surface area contributed by atoms with E-state index in [1.54, 1.807) is 18.5 Å². The second-order valence-electron chi connectivity index (χ2n) is 3.97. The van der Waals surface area contributed by atoms with E-state index in [0.717, 1.165) is 6.54 Å². The van der Waals surface area contributed by atoms with Crippen LogP contribution in [0, 0.1) is 0 Å². The molecule has 1 aliphatic heterocycles. The molecule has 0 aliphatic carbocycles. The Bertz CT molecular complexity index is 258. The predicted octanol–water partition coefficient (Wildman–Crippen LogP) is 4.06. The Kier molecular flexibility index (Phi) is 18.9. The molecule has 1 saturated heterocycles. The second-order valence-corrected chi connectivity index (χ2v) is 3.97. The van der Waals surface area contributed by atoms with Gasteiger partial charge < -0.3 is 10.2 Å². The summed E-state index contributed by atoms with van der Waals surface area (Å²) in [7, 11) is 2.19. The van der Waals surface area contributed by atoms with Gasteiger partial charge in [0.2, 0.25) is 5.95 Å². The molecular formula is C16H34N4. The summed E-state index contributed by atoms with van der Waals surface area (Å²) in [5.41, 5.74) is 0. The van der Waals surface area contributed by atoms with Crippen LogP contribution in [0.1, 0.15) is 53.9 Å². The van der Waals surface area contributed by atoms with E-state index in [-0.39, 0.29) is 0 Å². The van der Waals surface area contributed by atoms with Gasteiger partial charge in [-0.3, -0.25) is 0 Å². The van der Waals surface area contributed by atoms with Crippen LogP contribution in [0.2, 0.25) is 0 Å². The molecular weight excluding hydrogens is 248 g/mol. The smallest absolute Gasteiger partial charge is 0.222 e. The molecule has 1 fully saturated rings. The van der Waals surface area contributed by atoms with Gasteiger partial charge in [-0.15, -0.1) is 0 Å². The number of nitrogens with one attached hydrogen (secondary N) is 1. The number of aromatic nitrogens is 2. The van der Waals surface area contributed by atoms with Gasteiger partial charge in [0, 0.05) is 18.9 Å². The van der Waals surface area contributed by atoms with Crippen LogP contribution in [0.3, 0.4) is 0 Å². The van der Waals surface area contributed by atoms with Crippen molar-refractivity contribution in [3.63, 3.8) is 0 Å². The number of hydrogen-bond acceptors (Lipinski definition) is 4. The summed E-state index contributed by atoms with van der Waals surface area (Å²) in [6, 6.07) is 1.79. The summed E-state index contributed by atoms with van der Waals surface area (Å²) in [6.45, 7) is 13.5. The molecule has 4 heteroatoms. The zero-order chi connectivity index (χ0) is 15.6. The van der Waals surface area contributed by atoms with E-state index in [4.69, 9.17) is 0 Å². The molecule has 2 heterocycles. The van der Waals surface area contributed by atoms with Crippen LogP contribution in [0.4, 0.5) is 5.95 Å². The third-order valence-electron chi connectivity index (χ3n) is 2.48. The fourth-order valence-electron chi connectivity index (χ4n) is 1.60. The molecule has 1 aromatic heterocycles. The molecule has 0 amide bonds. The Morgan fingerprint density at radius 3 is 1.85 bits per heavy atom. The molecule has 0 saturated carbocycles. The minimum absolute atomic E-state index is 0.694. The van der Waals surface area contributed by atoms with Crippen LogP contribution in [-0.4, -0.2) is 41.5 Å². The highest BCUT2D eigenvalue weighted by atomic mass is 15.1. The predicted molar refractivity (Wildman–Crippen MR) is 90.2 cm³/mol. The van der Waals surface area contributed by atoms with Gasteiger partial charge in [0.1, 0.15) is 0 Å². The Labute approximate surface area is 126 Å². The maximum Gasteiger partial charge on any atom is 0.222 e. The summed E-state index contributed by atoms with van der Waals surface area (Å²) < 4.78 is 0. The van der Waals surface area contributed by atoms with Crippen LogP contribution in [0.15, 0.2) is 18.5 Å². The molecule has 1 N–H and O–H groups in total. The maximum atomic E-state index is 3.95. The maximum absolute atomic E-state index is 3.95. The highest BCUT2D eigenvalue weighted by Crippen LogP contribution is 2.04. The van der Waals surface area contributed by atoms with E-state index < -0.39 is 0 Å². The van der Waals surface area contributed by atoms with Crippen molar-refractivity contribution < 1.29 is 0 Å². The largest absolute Gasteiger partial charge is 0.355 e. The first-order valence-electron chi connectivity index (χ1n) is 8.02. The van der Waals surface area contributed by atoms with Crippen LogP contribution in [0.5, 0.6) is 0 Å². The van der Waals surface area contributed by atoms with Gasteiger partial charge in [0.25, 0.3) is 0 Å². The van der Waals surface area contributed by atoms with E-state index in [1.165, 1.54) is 32.4 Å². The van der Waals surface area contributed by atoms with Crippen molar-refractivity contribution in [3.8, 4) is 0 Å². The summed E-state index contributed by atoms with van der Waals surface area (Å²) in [4.78, 5) is 10.3. The molecule has 20 heavy (non-hydrogen) atoms. The average Bonchev–Trinajstić information content (AvgIpc) is 2.54. The lowest BCUT2D eigenvalue weighted by Crippen LogP contribution is -2.24. The highest BCUT2D eigenvalue weighted by molar-refractivity contribution is 5.20. The summed E-state index contributed by atoms with van der Waals surface area (Å²) >= 11 is 0. The Morgan fingerprint density at radius 2 is 1.50 bits per heavy atom. The monoisotopic (exact) mass is 282 g/mol. The fraction of sp³-hybridized carbons (Fsp3) is 0.750. The molecule has 2 rings (SSSR count). The molecule has 118 valence electrons. The highest BCUT2D eigenvalue weighted by Gasteiger charge is 2.02. The number of hydrogen-bond donors (Lipinski definition) is 1. The molecule has 0 unspecified atom stereocenters. The summed E-state index contributed by atoms with van der Waals surface area (Å²) in [5, 5.41) is 2.99. The number of nitrogens with zero attached hydrogens (tertiary/aromatic N) is 3. The summed E-state index contributed by atoms with van der Waals surface area (Å²) in [6.07, 6.45) is 7.70. The van der Waals surface area contributed by atoms with Crippen LogP contribution in [0.25, 0.3) is 0 Å². The van der Waals surface area contributed by atoms with E-state index in [0.29, 0.717) is 5.95 Å². The molecule has 0 aromatic carbocycles. The van der Waals surface area contributed by atoms with E-state index in [1.807, 2.05) is 34.6 Å². The lowest BCUT2D eigenvalue weighted by Gasteiger charge is -2.20. The van der Waals surface area contributed by atoms with Crippen molar-refractivity contribution in [2.24, 2.45) is 0 Å². The molecule has 0 bridgehead atoms. The van der Waals surface area contributed by atoms with Gasteiger partial charge in [-0.1, -0.05) is 34.1 Å². The lowest BCUT2D eigenvalue weighted by molar-refractivity contribution is 0.277. The molecule has 0 atom stereocenters. The molecule has 1 aliphatic rings. The standard InChI is InChI=1S/C6H9N3.C6H13N.2C2H6/c1-2-7-6-8-4-3-5-9-6;1-7-5-3-2-4-6-7;2*1-2/h3-5H,2H2,1H3,(H,7,8,9);2-6H2,1H3;2*1-2H3. The van der Waals surface area contributed by atoms with Crippen molar-refractivity contribution >= 4 is 5.95 Å². The van der Waals surface area contributed by atoms with Crippen molar-refractivity contribution in [1.82, 2.24) is 14.9 Å². The first kappa shape index (κ1) is 21.1. The quantitative estimate of drug-likeness (QED) is 0.888. The van der Waals surface area contributed by atoms with E-state index in [2.05, 4.69) is 27.2 Å². The van der Waals surface area contributed by atoms with Crippen molar-refractivity contribution in [1.29, 1.82) is 0 Å². The Morgan fingerprint density at radius 1 is 1.00 bits per heavy atom. The molecule has 4 nitrogen and oxygen atoms in total. The topological polar surface area (TPSA) is 41.1 Å². The van der Waals surface area contributed by atoms with E-state index in [9.17, 15) is 0 Å².